The number of benzene rings is 2. The Kier molecular flexibility index (Phi) is 8.12. The molecule has 3 rings (SSSR count). The molecule has 27 heavy (non-hydrogen) atoms. The van der Waals surface area contributed by atoms with Crippen molar-refractivity contribution in [2.45, 2.75) is 19.5 Å². The monoisotopic (exact) mass is 496 g/mol. The summed E-state index contributed by atoms with van der Waals surface area (Å²) in [7, 11) is 1.73. The molecular formula is C20H22ClIN4O. The van der Waals surface area contributed by atoms with Gasteiger partial charge >= 0.3 is 0 Å². The van der Waals surface area contributed by atoms with E-state index in [1.54, 1.807) is 13.3 Å². The Morgan fingerprint density at radius 2 is 1.96 bits per heavy atom. The average Bonchev–Trinajstić information content (AvgIpc) is 3.14. The third-order valence-corrected chi connectivity index (χ3v) is 4.17. The van der Waals surface area contributed by atoms with Crippen molar-refractivity contribution in [3.63, 3.8) is 0 Å². The number of aromatic nitrogens is 1. The normalized spacial score (nSPS) is 12.2. The van der Waals surface area contributed by atoms with Gasteiger partial charge in [0.1, 0.15) is 6.26 Å². The van der Waals surface area contributed by atoms with Crippen molar-refractivity contribution in [1.29, 1.82) is 0 Å². The molecule has 1 aromatic heterocycles. The Hall–Kier alpha value is -2.06. The molecule has 3 aromatic rings. The molecule has 0 aliphatic carbocycles. The van der Waals surface area contributed by atoms with Gasteiger partial charge in [0.15, 0.2) is 5.96 Å². The summed E-state index contributed by atoms with van der Waals surface area (Å²) in [5.74, 6) is 1.29. The fourth-order valence-electron chi connectivity index (χ4n) is 2.53. The Morgan fingerprint density at radius 1 is 1.19 bits per heavy atom. The van der Waals surface area contributed by atoms with E-state index in [1.165, 1.54) is 0 Å². The lowest BCUT2D eigenvalue weighted by atomic mass is 10.1. The maximum absolute atomic E-state index is 6.06. The van der Waals surface area contributed by atoms with Crippen molar-refractivity contribution in [3.05, 3.63) is 77.1 Å². The minimum atomic E-state index is 0. The lowest BCUT2D eigenvalue weighted by Crippen LogP contribution is -2.38. The zero-order valence-electron chi connectivity index (χ0n) is 15.1. The van der Waals surface area contributed by atoms with E-state index < -0.39 is 0 Å². The van der Waals surface area contributed by atoms with Crippen molar-refractivity contribution >= 4 is 41.5 Å². The van der Waals surface area contributed by atoms with Gasteiger partial charge in [-0.3, -0.25) is 4.99 Å². The molecule has 0 saturated heterocycles. The minimum absolute atomic E-state index is 0. The highest BCUT2D eigenvalue weighted by Crippen LogP contribution is 2.18. The molecule has 1 atom stereocenters. The zero-order chi connectivity index (χ0) is 18.4. The second-order valence-electron chi connectivity index (χ2n) is 5.86. The molecule has 7 heteroatoms. The highest BCUT2D eigenvalue weighted by Gasteiger charge is 2.10. The molecule has 0 spiro atoms. The molecule has 5 nitrogen and oxygen atoms in total. The molecule has 0 saturated carbocycles. The third-order valence-electron chi connectivity index (χ3n) is 3.93. The van der Waals surface area contributed by atoms with Gasteiger partial charge in [-0.15, -0.1) is 24.0 Å². The number of aliphatic imine (C=N–C) groups is 1. The molecule has 2 N–H and O–H groups in total. The van der Waals surface area contributed by atoms with Gasteiger partial charge in [-0.1, -0.05) is 41.9 Å². The van der Waals surface area contributed by atoms with E-state index in [0.717, 1.165) is 21.8 Å². The van der Waals surface area contributed by atoms with Gasteiger partial charge in [0.05, 0.1) is 18.3 Å². The summed E-state index contributed by atoms with van der Waals surface area (Å²) in [4.78, 5) is 8.77. The Labute approximate surface area is 181 Å². The fourth-order valence-corrected chi connectivity index (χ4v) is 2.73. The second kappa shape index (κ2) is 10.3. The van der Waals surface area contributed by atoms with Crippen LogP contribution in [0.5, 0.6) is 0 Å². The molecular weight excluding hydrogens is 475 g/mol. The number of halogens is 2. The number of hydrogen-bond donors (Lipinski definition) is 2. The maximum Gasteiger partial charge on any atom is 0.226 e. The van der Waals surface area contributed by atoms with Crippen LogP contribution in [0.25, 0.3) is 11.5 Å². The summed E-state index contributed by atoms with van der Waals surface area (Å²) in [5, 5.41) is 7.31. The van der Waals surface area contributed by atoms with Gasteiger partial charge in [-0.05, 0) is 36.8 Å². The third kappa shape index (κ3) is 5.97. The summed E-state index contributed by atoms with van der Waals surface area (Å²) in [6, 6.07) is 17.7. The number of nitrogens with one attached hydrogen (secondary N) is 2. The second-order valence-corrected chi connectivity index (χ2v) is 6.29. The molecule has 0 fully saturated rings. The Bertz CT molecular complexity index is 882. The van der Waals surface area contributed by atoms with Crippen LogP contribution in [0.1, 0.15) is 24.2 Å². The van der Waals surface area contributed by atoms with E-state index in [1.807, 2.05) is 54.6 Å². The van der Waals surface area contributed by atoms with Crippen LogP contribution >= 0.6 is 35.6 Å². The lowest BCUT2D eigenvalue weighted by Gasteiger charge is -2.18. The number of oxazole rings is 1. The van der Waals surface area contributed by atoms with Gasteiger partial charge in [-0.25, -0.2) is 4.98 Å². The van der Waals surface area contributed by atoms with E-state index in [9.17, 15) is 0 Å². The highest BCUT2D eigenvalue weighted by atomic mass is 127. The molecule has 0 aliphatic rings. The average molecular weight is 497 g/mol. The highest BCUT2D eigenvalue weighted by molar-refractivity contribution is 14.0. The molecule has 1 heterocycles. The predicted molar refractivity (Wildman–Crippen MR) is 121 cm³/mol. The summed E-state index contributed by atoms with van der Waals surface area (Å²) >= 11 is 6.06. The van der Waals surface area contributed by atoms with E-state index in [0.29, 0.717) is 18.4 Å². The summed E-state index contributed by atoms with van der Waals surface area (Å²) in [6.45, 7) is 2.57. The molecule has 0 amide bonds. The smallest absolute Gasteiger partial charge is 0.226 e. The van der Waals surface area contributed by atoms with Gasteiger partial charge in [0.2, 0.25) is 5.89 Å². The molecule has 1 unspecified atom stereocenters. The van der Waals surface area contributed by atoms with E-state index in [-0.39, 0.29) is 30.0 Å². The number of guanidine groups is 1. The standard InChI is InChI=1S/C20H21ClN4O.HI/c1-14(16-9-6-10-17(21)11-16)24-20(22-2)23-12-18-13-26-19(25-18)15-7-4-3-5-8-15;/h3-11,13-14H,12H2,1-2H3,(H2,22,23,24);1H. The van der Waals surface area contributed by atoms with Crippen LogP contribution < -0.4 is 10.6 Å². The molecule has 0 radical (unpaired) electrons. The van der Waals surface area contributed by atoms with Crippen molar-refractivity contribution in [3.8, 4) is 11.5 Å². The van der Waals surface area contributed by atoms with Crippen LogP contribution in [-0.2, 0) is 6.54 Å². The number of hydrogen-bond acceptors (Lipinski definition) is 3. The summed E-state index contributed by atoms with van der Waals surface area (Å²) in [6.07, 6.45) is 1.66. The number of rotatable bonds is 5. The van der Waals surface area contributed by atoms with Crippen LogP contribution in [0.4, 0.5) is 0 Å². The van der Waals surface area contributed by atoms with Gasteiger partial charge < -0.3 is 15.1 Å². The molecule has 0 bridgehead atoms. The van der Waals surface area contributed by atoms with Crippen LogP contribution in [0, 0.1) is 0 Å². The first kappa shape index (κ1) is 21.2. The fraction of sp³-hybridized carbons (Fsp3) is 0.200. The van der Waals surface area contributed by atoms with Crippen LogP contribution in [-0.4, -0.2) is 18.0 Å². The first-order chi connectivity index (χ1) is 12.7. The zero-order valence-corrected chi connectivity index (χ0v) is 18.2. The minimum Gasteiger partial charge on any atom is -0.444 e. The van der Waals surface area contributed by atoms with Gasteiger partial charge in [0, 0.05) is 17.6 Å². The van der Waals surface area contributed by atoms with Crippen LogP contribution in [0.2, 0.25) is 5.02 Å². The first-order valence-electron chi connectivity index (χ1n) is 8.38. The Balaban J connectivity index is 0.00000261. The lowest BCUT2D eigenvalue weighted by molar-refractivity contribution is 0.572. The van der Waals surface area contributed by atoms with E-state index >= 15 is 0 Å². The quantitative estimate of drug-likeness (QED) is 0.295. The molecule has 0 aliphatic heterocycles. The predicted octanol–water partition coefficient (Wildman–Crippen LogP) is 5.04. The van der Waals surface area contributed by atoms with Crippen molar-refractivity contribution in [1.82, 2.24) is 15.6 Å². The van der Waals surface area contributed by atoms with Crippen molar-refractivity contribution < 1.29 is 4.42 Å². The first-order valence-corrected chi connectivity index (χ1v) is 8.76. The van der Waals surface area contributed by atoms with Crippen molar-refractivity contribution in [2.75, 3.05) is 7.05 Å². The van der Waals surface area contributed by atoms with Crippen LogP contribution in [0.15, 0.2) is 70.3 Å². The Morgan fingerprint density at radius 3 is 2.67 bits per heavy atom. The van der Waals surface area contributed by atoms with Gasteiger partial charge in [0.25, 0.3) is 0 Å². The summed E-state index contributed by atoms with van der Waals surface area (Å²) in [5.41, 5.74) is 2.85. The molecule has 2 aromatic carbocycles. The van der Waals surface area contributed by atoms with Crippen LogP contribution in [0.3, 0.4) is 0 Å². The maximum atomic E-state index is 6.06. The van der Waals surface area contributed by atoms with E-state index in [2.05, 4.69) is 27.5 Å². The van der Waals surface area contributed by atoms with Crippen molar-refractivity contribution in [2.24, 2.45) is 4.99 Å². The van der Waals surface area contributed by atoms with E-state index in [4.69, 9.17) is 16.0 Å². The largest absolute Gasteiger partial charge is 0.444 e. The number of nitrogens with zero attached hydrogens (tertiary/aromatic N) is 2. The summed E-state index contributed by atoms with van der Waals surface area (Å²) < 4.78 is 5.55. The van der Waals surface area contributed by atoms with Gasteiger partial charge in [-0.2, -0.15) is 0 Å². The topological polar surface area (TPSA) is 62.5 Å². The SMILES string of the molecule is CN=C(NCc1coc(-c2ccccc2)n1)NC(C)c1cccc(Cl)c1.I. The molecule has 142 valence electrons.